The quantitative estimate of drug-likeness (QED) is 0.869. The molecule has 0 saturated heterocycles. The average Bonchev–Trinajstić information content (AvgIpc) is 2.01. The van der Waals surface area contributed by atoms with Gasteiger partial charge in [-0.15, -0.1) is 0 Å². The number of anilines is 1. The molecular formula is C9H14BrN3. The van der Waals surface area contributed by atoms with Crippen LogP contribution in [0.4, 0.5) is 5.82 Å². The lowest BCUT2D eigenvalue weighted by Gasteiger charge is -2.19. The zero-order valence-electron chi connectivity index (χ0n) is 8.13. The Morgan fingerprint density at radius 2 is 2.15 bits per heavy atom. The van der Waals surface area contributed by atoms with Gasteiger partial charge in [-0.05, 0) is 21.3 Å². The Bertz CT molecular complexity index is 280. The van der Waals surface area contributed by atoms with Crippen LogP contribution in [0.15, 0.2) is 17.0 Å². The van der Waals surface area contributed by atoms with Gasteiger partial charge in [-0.3, -0.25) is 0 Å². The second-order valence-corrected chi connectivity index (χ2v) is 4.99. The summed E-state index contributed by atoms with van der Waals surface area (Å²) < 4.78 is 0.902. The van der Waals surface area contributed by atoms with Crippen molar-refractivity contribution in [1.29, 1.82) is 0 Å². The van der Waals surface area contributed by atoms with E-state index in [-0.39, 0.29) is 5.41 Å². The summed E-state index contributed by atoms with van der Waals surface area (Å²) in [6.07, 6.45) is 3.27. The Hall–Kier alpha value is -0.640. The van der Waals surface area contributed by atoms with Crippen molar-refractivity contribution in [3.63, 3.8) is 0 Å². The molecule has 0 amide bonds. The molecule has 1 heterocycles. The van der Waals surface area contributed by atoms with Crippen molar-refractivity contribution in [2.45, 2.75) is 20.8 Å². The fraction of sp³-hybridized carbons (Fsp3) is 0.556. The molecule has 1 aromatic rings. The van der Waals surface area contributed by atoms with Crippen LogP contribution in [0.5, 0.6) is 0 Å². The van der Waals surface area contributed by atoms with E-state index < -0.39 is 0 Å². The molecule has 1 aromatic heterocycles. The summed E-state index contributed by atoms with van der Waals surface area (Å²) in [5.74, 6) is 0.852. The van der Waals surface area contributed by atoms with E-state index >= 15 is 0 Å². The van der Waals surface area contributed by atoms with Gasteiger partial charge in [0.05, 0.1) is 4.47 Å². The Kier molecular flexibility index (Phi) is 3.25. The van der Waals surface area contributed by atoms with Gasteiger partial charge in [0, 0.05) is 12.7 Å². The van der Waals surface area contributed by atoms with Crippen LogP contribution in [-0.4, -0.2) is 16.5 Å². The first-order chi connectivity index (χ1) is 5.99. The van der Waals surface area contributed by atoms with Gasteiger partial charge in [0.25, 0.3) is 0 Å². The maximum atomic E-state index is 4.11. The van der Waals surface area contributed by atoms with Crippen molar-refractivity contribution >= 4 is 21.7 Å². The minimum atomic E-state index is 0.254. The lowest BCUT2D eigenvalue weighted by Crippen LogP contribution is -2.19. The molecule has 0 aromatic carbocycles. The Morgan fingerprint density at radius 3 is 2.69 bits per heavy atom. The first-order valence-electron chi connectivity index (χ1n) is 4.18. The number of nitrogens with zero attached hydrogens (tertiary/aromatic N) is 2. The van der Waals surface area contributed by atoms with E-state index in [1.807, 2.05) is 0 Å². The molecule has 1 N–H and O–H groups in total. The van der Waals surface area contributed by atoms with Crippen LogP contribution in [0.25, 0.3) is 0 Å². The summed E-state index contributed by atoms with van der Waals surface area (Å²) in [4.78, 5) is 8.00. The predicted octanol–water partition coefficient (Wildman–Crippen LogP) is 2.70. The zero-order valence-corrected chi connectivity index (χ0v) is 9.72. The van der Waals surface area contributed by atoms with Crippen LogP contribution in [0.3, 0.4) is 0 Å². The fourth-order valence-electron chi connectivity index (χ4n) is 0.792. The molecule has 0 fully saturated rings. The molecule has 4 heteroatoms. The number of halogens is 1. The second kappa shape index (κ2) is 4.05. The summed E-state index contributed by atoms with van der Waals surface area (Å²) in [5, 5.41) is 3.25. The maximum absolute atomic E-state index is 4.11. The van der Waals surface area contributed by atoms with Gasteiger partial charge < -0.3 is 5.32 Å². The SMILES string of the molecule is CC(C)(C)CNc1ncncc1Br. The Morgan fingerprint density at radius 1 is 1.46 bits per heavy atom. The minimum absolute atomic E-state index is 0.254. The van der Waals surface area contributed by atoms with Crippen molar-refractivity contribution < 1.29 is 0 Å². The van der Waals surface area contributed by atoms with Crippen molar-refractivity contribution in [2.24, 2.45) is 5.41 Å². The van der Waals surface area contributed by atoms with E-state index in [1.54, 1.807) is 6.20 Å². The van der Waals surface area contributed by atoms with E-state index in [9.17, 15) is 0 Å². The van der Waals surface area contributed by atoms with E-state index in [1.165, 1.54) is 6.33 Å². The minimum Gasteiger partial charge on any atom is -0.369 e. The standard InChI is InChI=1S/C9H14BrN3/c1-9(2,3)5-12-8-7(10)4-11-6-13-8/h4,6H,5H2,1-3H3,(H,11,12,13). The van der Waals surface area contributed by atoms with Crippen LogP contribution in [0.1, 0.15) is 20.8 Å². The molecule has 0 bridgehead atoms. The van der Waals surface area contributed by atoms with Gasteiger partial charge in [-0.25, -0.2) is 9.97 Å². The van der Waals surface area contributed by atoms with E-state index in [0.29, 0.717) is 0 Å². The molecule has 0 aliphatic rings. The molecule has 0 spiro atoms. The lowest BCUT2D eigenvalue weighted by atomic mass is 9.97. The monoisotopic (exact) mass is 243 g/mol. The third-order valence-electron chi connectivity index (χ3n) is 1.45. The molecule has 3 nitrogen and oxygen atoms in total. The first kappa shape index (κ1) is 10.4. The molecule has 72 valence electrons. The average molecular weight is 244 g/mol. The van der Waals surface area contributed by atoms with E-state index in [4.69, 9.17) is 0 Å². The molecular weight excluding hydrogens is 230 g/mol. The van der Waals surface area contributed by atoms with Crippen LogP contribution in [0, 0.1) is 5.41 Å². The highest BCUT2D eigenvalue weighted by Gasteiger charge is 2.10. The van der Waals surface area contributed by atoms with Gasteiger partial charge in [0.15, 0.2) is 0 Å². The molecule has 0 atom stereocenters. The highest BCUT2D eigenvalue weighted by atomic mass is 79.9. The van der Waals surface area contributed by atoms with Crippen LogP contribution in [0.2, 0.25) is 0 Å². The number of rotatable bonds is 2. The maximum Gasteiger partial charge on any atom is 0.143 e. The molecule has 0 unspecified atom stereocenters. The van der Waals surface area contributed by atoms with Gasteiger partial charge >= 0.3 is 0 Å². The number of nitrogens with one attached hydrogen (secondary N) is 1. The highest BCUT2D eigenvalue weighted by Crippen LogP contribution is 2.19. The van der Waals surface area contributed by atoms with E-state index in [0.717, 1.165) is 16.8 Å². The lowest BCUT2D eigenvalue weighted by molar-refractivity contribution is 0.442. The normalized spacial score (nSPS) is 11.4. The molecule has 0 aliphatic heterocycles. The molecule has 0 radical (unpaired) electrons. The Balaban J connectivity index is 2.60. The topological polar surface area (TPSA) is 37.8 Å². The molecule has 0 saturated carbocycles. The van der Waals surface area contributed by atoms with Crippen LogP contribution < -0.4 is 5.32 Å². The van der Waals surface area contributed by atoms with Gasteiger partial charge in [-0.1, -0.05) is 20.8 Å². The van der Waals surface area contributed by atoms with Crippen LogP contribution >= 0.6 is 15.9 Å². The van der Waals surface area contributed by atoms with Crippen LogP contribution in [-0.2, 0) is 0 Å². The summed E-state index contributed by atoms with van der Waals surface area (Å²) in [7, 11) is 0. The first-order valence-corrected chi connectivity index (χ1v) is 4.98. The largest absolute Gasteiger partial charge is 0.369 e. The molecule has 13 heavy (non-hydrogen) atoms. The third-order valence-corrected chi connectivity index (χ3v) is 2.03. The number of hydrogen-bond donors (Lipinski definition) is 1. The smallest absolute Gasteiger partial charge is 0.143 e. The summed E-state index contributed by atoms with van der Waals surface area (Å²) in [6.45, 7) is 7.42. The summed E-state index contributed by atoms with van der Waals surface area (Å²) in [6, 6.07) is 0. The van der Waals surface area contributed by atoms with Gasteiger partial charge in [-0.2, -0.15) is 0 Å². The van der Waals surface area contributed by atoms with Crippen molar-refractivity contribution in [3.05, 3.63) is 17.0 Å². The number of aromatic nitrogens is 2. The molecule has 0 aliphatic carbocycles. The van der Waals surface area contributed by atoms with Crippen molar-refractivity contribution in [1.82, 2.24) is 9.97 Å². The predicted molar refractivity (Wildman–Crippen MR) is 57.7 cm³/mol. The third kappa shape index (κ3) is 3.72. The summed E-state index contributed by atoms with van der Waals surface area (Å²) >= 11 is 3.38. The molecule has 1 rings (SSSR count). The highest BCUT2D eigenvalue weighted by molar-refractivity contribution is 9.10. The van der Waals surface area contributed by atoms with Gasteiger partial charge in [0.2, 0.25) is 0 Å². The number of hydrogen-bond acceptors (Lipinski definition) is 3. The fourth-order valence-corrected chi connectivity index (χ4v) is 1.15. The summed E-state index contributed by atoms with van der Waals surface area (Å²) in [5.41, 5.74) is 0.254. The Labute approximate surface area is 87.1 Å². The van der Waals surface area contributed by atoms with Gasteiger partial charge in [0.1, 0.15) is 12.1 Å². The zero-order chi connectivity index (χ0) is 9.90. The van der Waals surface area contributed by atoms with Crippen molar-refractivity contribution in [3.8, 4) is 0 Å². The van der Waals surface area contributed by atoms with E-state index in [2.05, 4.69) is 52.0 Å². The van der Waals surface area contributed by atoms with Crippen molar-refractivity contribution in [2.75, 3.05) is 11.9 Å². The second-order valence-electron chi connectivity index (χ2n) is 4.13.